The maximum Gasteiger partial charge on any atom is 0.257 e. The number of benzene rings is 2. The summed E-state index contributed by atoms with van der Waals surface area (Å²) in [5.74, 6) is -0.0269. The predicted octanol–water partition coefficient (Wildman–Crippen LogP) is 3.61. The Morgan fingerprint density at radius 2 is 1.81 bits per heavy atom. The van der Waals surface area contributed by atoms with Crippen LogP contribution in [0.2, 0.25) is 0 Å². The summed E-state index contributed by atoms with van der Waals surface area (Å²) in [5.41, 5.74) is 1.68. The first-order valence-corrected chi connectivity index (χ1v) is 12.8. The highest BCUT2D eigenvalue weighted by Crippen LogP contribution is 2.29. The van der Waals surface area contributed by atoms with Gasteiger partial charge in [-0.25, -0.2) is 0 Å². The second-order valence-electron chi connectivity index (χ2n) is 9.88. The minimum Gasteiger partial charge on any atom is -0.490 e. The van der Waals surface area contributed by atoms with Gasteiger partial charge in [-0.05, 0) is 43.0 Å². The first-order valence-electron chi connectivity index (χ1n) is 12.8. The van der Waals surface area contributed by atoms with Gasteiger partial charge in [-0.3, -0.25) is 9.59 Å². The molecular formula is C29H35N3O5. The normalized spacial score (nSPS) is 25.7. The van der Waals surface area contributed by atoms with E-state index in [1.165, 1.54) is 0 Å². The SMILES string of the molecule is CO[C@H]1CC[C@H]2CCN(C)C(=O)C[C@@H](c3ccccc3)CN(C)C(=O)c3cc(C#N)ccc3OC[C@@H]1O2. The van der Waals surface area contributed by atoms with Gasteiger partial charge < -0.3 is 24.0 Å². The van der Waals surface area contributed by atoms with E-state index in [0.717, 1.165) is 24.8 Å². The lowest BCUT2D eigenvalue weighted by Crippen LogP contribution is -2.44. The zero-order valence-corrected chi connectivity index (χ0v) is 21.8. The minimum absolute atomic E-state index is 0.0127. The van der Waals surface area contributed by atoms with Crippen LogP contribution in [-0.2, 0) is 14.3 Å². The average molecular weight is 506 g/mol. The third kappa shape index (κ3) is 6.48. The van der Waals surface area contributed by atoms with E-state index < -0.39 is 0 Å². The second kappa shape index (κ2) is 12.2. The number of fused-ring (bicyclic) bond motifs is 3. The molecule has 2 amide bonds. The van der Waals surface area contributed by atoms with E-state index in [1.807, 2.05) is 37.4 Å². The highest BCUT2D eigenvalue weighted by atomic mass is 16.6. The molecule has 0 unspecified atom stereocenters. The van der Waals surface area contributed by atoms with Crippen LogP contribution >= 0.6 is 0 Å². The first kappa shape index (κ1) is 26.6. The zero-order chi connectivity index (χ0) is 26.4. The fraction of sp³-hybridized carbons (Fsp3) is 0.483. The monoisotopic (exact) mass is 505 g/mol. The number of rotatable bonds is 2. The van der Waals surface area contributed by atoms with Crippen LogP contribution in [0.1, 0.15) is 53.1 Å². The molecule has 2 bridgehead atoms. The summed E-state index contributed by atoms with van der Waals surface area (Å²) >= 11 is 0. The van der Waals surface area contributed by atoms with E-state index >= 15 is 0 Å². The molecule has 2 heterocycles. The smallest absolute Gasteiger partial charge is 0.257 e. The molecule has 0 spiro atoms. The number of carbonyl (C=O) groups is 2. The Labute approximate surface area is 218 Å². The van der Waals surface area contributed by atoms with Crippen molar-refractivity contribution in [3.8, 4) is 11.8 Å². The molecule has 1 fully saturated rings. The molecule has 2 aromatic carbocycles. The molecular weight excluding hydrogens is 470 g/mol. The summed E-state index contributed by atoms with van der Waals surface area (Å²) in [6, 6.07) is 16.8. The maximum absolute atomic E-state index is 13.6. The third-order valence-corrected chi connectivity index (χ3v) is 7.35. The molecule has 0 aromatic heterocycles. The molecule has 4 atom stereocenters. The third-order valence-electron chi connectivity index (χ3n) is 7.35. The van der Waals surface area contributed by atoms with E-state index in [4.69, 9.17) is 14.2 Å². The maximum atomic E-state index is 13.6. The van der Waals surface area contributed by atoms with E-state index in [0.29, 0.717) is 30.0 Å². The van der Waals surface area contributed by atoms with Gasteiger partial charge in [0.2, 0.25) is 5.91 Å². The topological polar surface area (TPSA) is 92.1 Å². The summed E-state index contributed by atoms with van der Waals surface area (Å²) in [6.07, 6.45) is 2.23. The Morgan fingerprint density at radius 3 is 2.54 bits per heavy atom. The lowest BCUT2D eigenvalue weighted by molar-refractivity contribution is -0.145. The Hall–Kier alpha value is -3.41. The molecule has 8 nitrogen and oxygen atoms in total. The highest BCUT2D eigenvalue weighted by Gasteiger charge is 2.33. The quantitative estimate of drug-likeness (QED) is 0.619. The number of ether oxygens (including phenoxy) is 3. The van der Waals surface area contributed by atoms with Crippen molar-refractivity contribution in [1.82, 2.24) is 9.80 Å². The van der Waals surface area contributed by atoms with Crippen LogP contribution < -0.4 is 4.74 Å². The van der Waals surface area contributed by atoms with Crippen molar-refractivity contribution in [2.24, 2.45) is 0 Å². The molecule has 2 aliphatic rings. The van der Waals surface area contributed by atoms with Gasteiger partial charge in [0.05, 0.1) is 29.4 Å². The van der Waals surface area contributed by atoms with Gasteiger partial charge in [-0.15, -0.1) is 0 Å². The number of hydrogen-bond donors (Lipinski definition) is 0. The Kier molecular flexibility index (Phi) is 8.80. The Bertz CT molecular complexity index is 1130. The molecule has 2 aromatic rings. The van der Waals surface area contributed by atoms with Crippen molar-refractivity contribution < 1.29 is 23.8 Å². The van der Waals surface area contributed by atoms with Gasteiger partial charge in [0.15, 0.2) is 0 Å². The van der Waals surface area contributed by atoms with Crippen molar-refractivity contribution in [3.05, 3.63) is 65.2 Å². The number of carbonyl (C=O) groups excluding carboxylic acids is 2. The molecule has 0 N–H and O–H groups in total. The van der Waals surface area contributed by atoms with E-state index in [1.54, 1.807) is 42.2 Å². The van der Waals surface area contributed by atoms with Gasteiger partial charge in [0.25, 0.3) is 5.91 Å². The van der Waals surface area contributed by atoms with Crippen LogP contribution in [0, 0.1) is 11.3 Å². The number of likely N-dealkylation sites (N-methyl/N-ethyl adjacent to an activating group) is 1. The summed E-state index contributed by atoms with van der Waals surface area (Å²) in [7, 11) is 5.20. The van der Waals surface area contributed by atoms with Crippen molar-refractivity contribution in [2.75, 3.05) is 40.9 Å². The Balaban J connectivity index is 1.68. The summed E-state index contributed by atoms with van der Waals surface area (Å²) < 4.78 is 18.1. The van der Waals surface area contributed by atoms with Crippen LogP contribution in [0.5, 0.6) is 5.75 Å². The van der Waals surface area contributed by atoms with Crippen LogP contribution in [0.15, 0.2) is 48.5 Å². The number of amides is 2. The van der Waals surface area contributed by atoms with Crippen molar-refractivity contribution in [2.45, 2.75) is 49.9 Å². The molecule has 2 aliphatic heterocycles. The van der Waals surface area contributed by atoms with Crippen LogP contribution in [-0.4, -0.2) is 80.8 Å². The van der Waals surface area contributed by atoms with Gasteiger partial charge in [-0.2, -0.15) is 5.26 Å². The summed E-state index contributed by atoms with van der Waals surface area (Å²) in [5, 5.41) is 9.46. The molecule has 196 valence electrons. The average Bonchev–Trinajstić information content (AvgIpc) is 2.93. The molecule has 0 saturated carbocycles. The number of methoxy groups -OCH3 is 1. The second-order valence-corrected chi connectivity index (χ2v) is 9.88. The van der Waals surface area contributed by atoms with Crippen LogP contribution in [0.3, 0.4) is 0 Å². The van der Waals surface area contributed by atoms with Gasteiger partial charge in [0, 0.05) is 46.6 Å². The molecule has 0 radical (unpaired) electrons. The van der Waals surface area contributed by atoms with Crippen molar-refractivity contribution in [1.29, 1.82) is 5.26 Å². The van der Waals surface area contributed by atoms with Crippen LogP contribution in [0.25, 0.3) is 0 Å². The van der Waals surface area contributed by atoms with Gasteiger partial charge in [-0.1, -0.05) is 30.3 Å². The molecule has 8 heteroatoms. The lowest BCUT2D eigenvalue weighted by atomic mass is 9.94. The number of nitriles is 1. The Morgan fingerprint density at radius 1 is 1.03 bits per heavy atom. The van der Waals surface area contributed by atoms with Crippen LogP contribution in [0.4, 0.5) is 0 Å². The van der Waals surface area contributed by atoms with Crippen molar-refractivity contribution in [3.63, 3.8) is 0 Å². The largest absolute Gasteiger partial charge is 0.490 e. The summed E-state index contributed by atoms with van der Waals surface area (Å²) in [4.78, 5) is 30.2. The predicted molar refractivity (Wildman–Crippen MR) is 138 cm³/mol. The standard InChI is InChI=1S/C29H35N3O5/c1-31-14-13-23-10-12-26(35-3)27(37-23)19-36-25-11-9-20(17-30)15-24(25)29(34)32(2)18-22(16-28(31)33)21-7-5-4-6-8-21/h4-9,11,15,22-23,26-27H,10,12-14,16,18-19H2,1-3H3/t22-,23+,26+,27+/m1/s1. The number of hydrogen-bond acceptors (Lipinski definition) is 6. The van der Waals surface area contributed by atoms with E-state index in [-0.39, 0.29) is 49.1 Å². The fourth-order valence-electron chi connectivity index (χ4n) is 5.09. The van der Waals surface area contributed by atoms with E-state index in [2.05, 4.69) is 6.07 Å². The molecule has 37 heavy (non-hydrogen) atoms. The van der Waals surface area contributed by atoms with Crippen molar-refractivity contribution >= 4 is 11.8 Å². The zero-order valence-electron chi connectivity index (χ0n) is 21.8. The minimum atomic E-state index is -0.309. The molecule has 4 rings (SSSR count). The fourth-order valence-corrected chi connectivity index (χ4v) is 5.09. The highest BCUT2D eigenvalue weighted by molar-refractivity contribution is 5.97. The lowest BCUT2D eigenvalue weighted by Gasteiger charge is -2.36. The first-order chi connectivity index (χ1) is 17.9. The van der Waals surface area contributed by atoms with Gasteiger partial charge >= 0.3 is 0 Å². The van der Waals surface area contributed by atoms with E-state index in [9.17, 15) is 14.9 Å². The summed E-state index contributed by atoms with van der Waals surface area (Å²) in [6.45, 7) is 1.15. The molecule has 0 aliphatic carbocycles. The molecule has 1 saturated heterocycles. The van der Waals surface area contributed by atoms with Gasteiger partial charge in [0.1, 0.15) is 18.5 Å². The number of nitrogens with zero attached hydrogens (tertiary/aromatic N) is 3.